The fraction of sp³-hybridized carbons (Fsp3) is 0.571. The van der Waals surface area contributed by atoms with E-state index >= 15 is 0 Å². The maximum Gasteiger partial charge on any atom is 0.166 e. The molecule has 0 spiro atoms. The topological polar surface area (TPSA) is 39.2 Å². The molecular formula is C14H19NO2. The second kappa shape index (κ2) is 4.57. The van der Waals surface area contributed by atoms with E-state index in [0.717, 1.165) is 17.7 Å². The Morgan fingerprint density at radius 1 is 1.35 bits per heavy atom. The minimum Gasteiger partial charge on any atom is -0.374 e. The minimum absolute atomic E-state index is 0.0229. The lowest BCUT2D eigenvalue weighted by Gasteiger charge is -2.22. The zero-order valence-electron chi connectivity index (χ0n) is 10.7. The first-order valence-corrected chi connectivity index (χ1v) is 6.05. The molecule has 1 saturated heterocycles. The number of pyridine rings is 1. The number of carbonyl (C=O) groups is 1. The number of nitrogens with zero attached hydrogens (tertiary/aromatic N) is 1. The highest BCUT2D eigenvalue weighted by Gasteiger charge is 2.25. The molecule has 3 nitrogen and oxygen atoms in total. The van der Waals surface area contributed by atoms with Crippen LogP contribution in [-0.4, -0.2) is 24.0 Å². The molecule has 0 radical (unpaired) electrons. The molecule has 1 atom stereocenters. The Kier molecular flexibility index (Phi) is 3.29. The summed E-state index contributed by atoms with van der Waals surface area (Å²) in [5, 5.41) is 0. The molecule has 1 aromatic rings. The summed E-state index contributed by atoms with van der Waals surface area (Å²) < 4.78 is 5.14. The molecule has 1 aliphatic rings. The van der Waals surface area contributed by atoms with Crippen LogP contribution in [0.3, 0.4) is 0 Å². The van der Waals surface area contributed by atoms with Gasteiger partial charge in [-0.05, 0) is 18.1 Å². The van der Waals surface area contributed by atoms with Gasteiger partial charge in [0, 0.05) is 29.8 Å². The van der Waals surface area contributed by atoms with Gasteiger partial charge in [0.2, 0.25) is 0 Å². The van der Waals surface area contributed by atoms with Crippen molar-refractivity contribution >= 4 is 5.78 Å². The second-order valence-corrected chi connectivity index (χ2v) is 5.59. The third-order valence-corrected chi connectivity index (χ3v) is 3.14. The number of hydrogen-bond donors (Lipinski definition) is 0. The van der Waals surface area contributed by atoms with Gasteiger partial charge < -0.3 is 4.74 Å². The van der Waals surface area contributed by atoms with Crippen LogP contribution >= 0.6 is 0 Å². The van der Waals surface area contributed by atoms with Crippen molar-refractivity contribution in [1.82, 2.24) is 4.98 Å². The lowest BCUT2D eigenvalue weighted by atomic mass is 9.88. The van der Waals surface area contributed by atoms with Crippen LogP contribution in [0.1, 0.15) is 44.4 Å². The summed E-state index contributed by atoms with van der Waals surface area (Å²) in [4.78, 5) is 16.2. The summed E-state index contributed by atoms with van der Waals surface area (Å²) in [5.74, 6) is 0.145. The molecule has 0 bridgehead atoms. The van der Waals surface area contributed by atoms with Gasteiger partial charge >= 0.3 is 0 Å². The van der Waals surface area contributed by atoms with E-state index < -0.39 is 0 Å². The highest BCUT2D eigenvalue weighted by molar-refractivity contribution is 5.87. The van der Waals surface area contributed by atoms with E-state index in [1.54, 1.807) is 0 Å². The van der Waals surface area contributed by atoms with Crippen molar-refractivity contribution in [1.29, 1.82) is 0 Å². The van der Waals surface area contributed by atoms with E-state index in [-0.39, 0.29) is 23.7 Å². The molecule has 0 aromatic carbocycles. The average molecular weight is 233 g/mol. The van der Waals surface area contributed by atoms with Crippen molar-refractivity contribution in [3.63, 3.8) is 0 Å². The molecule has 0 N–H and O–H groups in total. The third-order valence-electron chi connectivity index (χ3n) is 3.14. The van der Waals surface area contributed by atoms with Crippen LogP contribution in [0, 0.1) is 0 Å². The van der Waals surface area contributed by atoms with Gasteiger partial charge in [0.05, 0.1) is 0 Å². The van der Waals surface area contributed by atoms with E-state index in [1.165, 1.54) is 0 Å². The Labute approximate surface area is 102 Å². The molecule has 0 aliphatic carbocycles. The number of Topliss-reactive ketones (excluding diaryl/α,β-unsaturated/α-hetero) is 1. The summed E-state index contributed by atoms with van der Waals surface area (Å²) in [6.07, 6.45) is 2.61. The average Bonchev–Trinajstić information content (AvgIpc) is 2.29. The SMILES string of the molecule is CC(C)(C)c1ccc(C2CCOCC2=O)cn1. The van der Waals surface area contributed by atoms with Gasteiger partial charge in [0.1, 0.15) is 6.61 Å². The second-order valence-electron chi connectivity index (χ2n) is 5.59. The Morgan fingerprint density at radius 2 is 2.12 bits per heavy atom. The van der Waals surface area contributed by atoms with Crippen LogP contribution in [0.2, 0.25) is 0 Å². The first-order valence-electron chi connectivity index (χ1n) is 6.05. The van der Waals surface area contributed by atoms with Gasteiger partial charge in [-0.3, -0.25) is 9.78 Å². The van der Waals surface area contributed by atoms with Crippen LogP contribution in [0.15, 0.2) is 18.3 Å². The van der Waals surface area contributed by atoms with E-state index in [2.05, 4.69) is 25.8 Å². The fourth-order valence-corrected chi connectivity index (χ4v) is 2.04. The number of carbonyl (C=O) groups excluding carboxylic acids is 1. The van der Waals surface area contributed by atoms with E-state index in [1.807, 2.05) is 18.3 Å². The molecule has 0 amide bonds. The summed E-state index contributed by atoms with van der Waals surface area (Å²) in [7, 11) is 0. The first kappa shape index (κ1) is 12.2. The van der Waals surface area contributed by atoms with Gasteiger partial charge in [-0.1, -0.05) is 26.8 Å². The van der Waals surface area contributed by atoms with Gasteiger partial charge in [-0.2, -0.15) is 0 Å². The summed E-state index contributed by atoms with van der Waals surface area (Å²) in [5.41, 5.74) is 2.13. The van der Waals surface area contributed by atoms with Crippen molar-refractivity contribution in [3.05, 3.63) is 29.6 Å². The standard InChI is InChI=1S/C14H19NO2/c1-14(2,3)13-5-4-10(8-15-13)11-6-7-17-9-12(11)16/h4-5,8,11H,6-7,9H2,1-3H3. The van der Waals surface area contributed by atoms with Crippen molar-refractivity contribution in [2.45, 2.75) is 38.5 Å². The quantitative estimate of drug-likeness (QED) is 0.748. The molecule has 92 valence electrons. The zero-order chi connectivity index (χ0) is 12.5. The number of aromatic nitrogens is 1. The Hall–Kier alpha value is -1.22. The van der Waals surface area contributed by atoms with E-state index in [0.29, 0.717) is 6.61 Å². The van der Waals surface area contributed by atoms with Gasteiger partial charge in [-0.25, -0.2) is 0 Å². The summed E-state index contributed by atoms with van der Waals surface area (Å²) in [6, 6.07) is 4.06. The predicted octanol–water partition coefficient (Wildman–Crippen LogP) is 2.45. The Bertz CT molecular complexity index is 403. The lowest BCUT2D eigenvalue weighted by molar-refractivity contribution is -0.129. The molecule has 1 aliphatic heterocycles. The monoisotopic (exact) mass is 233 g/mol. The van der Waals surface area contributed by atoms with Crippen LogP contribution in [0.4, 0.5) is 0 Å². The predicted molar refractivity (Wildman–Crippen MR) is 66.1 cm³/mol. The number of hydrogen-bond acceptors (Lipinski definition) is 3. The largest absolute Gasteiger partial charge is 0.374 e. The molecule has 2 rings (SSSR count). The van der Waals surface area contributed by atoms with Crippen molar-refractivity contribution in [2.24, 2.45) is 0 Å². The van der Waals surface area contributed by atoms with Gasteiger partial charge in [0.25, 0.3) is 0 Å². The normalized spacial score (nSPS) is 21.6. The molecule has 0 saturated carbocycles. The zero-order valence-corrected chi connectivity index (χ0v) is 10.7. The molecule has 1 unspecified atom stereocenters. The summed E-state index contributed by atoms with van der Waals surface area (Å²) in [6.45, 7) is 7.31. The Balaban J connectivity index is 2.20. The Morgan fingerprint density at radius 3 is 2.65 bits per heavy atom. The lowest BCUT2D eigenvalue weighted by Crippen LogP contribution is -2.26. The van der Waals surface area contributed by atoms with Crippen LogP contribution < -0.4 is 0 Å². The minimum atomic E-state index is -0.0229. The van der Waals surface area contributed by atoms with Gasteiger partial charge in [0.15, 0.2) is 5.78 Å². The van der Waals surface area contributed by atoms with E-state index in [9.17, 15) is 4.79 Å². The highest BCUT2D eigenvalue weighted by Crippen LogP contribution is 2.26. The first-order chi connectivity index (χ1) is 7.98. The number of ether oxygens (including phenoxy) is 1. The number of rotatable bonds is 1. The molecule has 1 fully saturated rings. The van der Waals surface area contributed by atoms with E-state index in [4.69, 9.17) is 4.74 Å². The maximum absolute atomic E-state index is 11.7. The van der Waals surface area contributed by atoms with Gasteiger partial charge in [-0.15, -0.1) is 0 Å². The smallest absolute Gasteiger partial charge is 0.166 e. The van der Waals surface area contributed by atoms with Crippen molar-refractivity contribution in [3.8, 4) is 0 Å². The fourth-order valence-electron chi connectivity index (χ4n) is 2.04. The van der Waals surface area contributed by atoms with Crippen LogP contribution in [-0.2, 0) is 14.9 Å². The number of ketones is 1. The molecular weight excluding hydrogens is 214 g/mol. The molecule has 2 heterocycles. The van der Waals surface area contributed by atoms with Crippen LogP contribution in [0.25, 0.3) is 0 Å². The van der Waals surface area contributed by atoms with Crippen molar-refractivity contribution in [2.75, 3.05) is 13.2 Å². The third kappa shape index (κ3) is 2.72. The van der Waals surface area contributed by atoms with Crippen molar-refractivity contribution < 1.29 is 9.53 Å². The molecule has 17 heavy (non-hydrogen) atoms. The highest BCUT2D eigenvalue weighted by atomic mass is 16.5. The molecule has 1 aromatic heterocycles. The van der Waals surface area contributed by atoms with Crippen LogP contribution in [0.5, 0.6) is 0 Å². The molecule has 3 heteroatoms. The maximum atomic E-state index is 11.7. The summed E-state index contributed by atoms with van der Waals surface area (Å²) >= 11 is 0.